The van der Waals surface area contributed by atoms with Gasteiger partial charge in [0.1, 0.15) is 5.75 Å². The lowest BCUT2D eigenvalue weighted by Gasteiger charge is -2.12. The highest BCUT2D eigenvalue weighted by Gasteiger charge is 2.05. The van der Waals surface area contributed by atoms with Gasteiger partial charge in [-0.15, -0.1) is 11.8 Å². The van der Waals surface area contributed by atoms with Gasteiger partial charge in [0.2, 0.25) is 0 Å². The maximum absolute atomic E-state index is 5.75. The van der Waals surface area contributed by atoms with Crippen molar-refractivity contribution in [2.24, 2.45) is 0 Å². The lowest BCUT2D eigenvalue weighted by atomic mass is 10.0. The van der Waals surface area contributed by atoms with Crippen LogP contribution in [0.5, 0.6) is 5.75 Å². The minimum atomic E-state index is 0.794. The molecule has 0 N–H and O–H groups in total. The summed E-state index contributed by atoms with van der Waals surface area (Å²) in [5.74, 6) is 7.48. The average molecular weight is 258 g/mol. The molecule has 1 aromatic rings. The number of hydrogen-bond donors (Lipinski definition) is 0. The number of aryl methyl sites for hydroxylation is 3. The lowest BCUT2D eigenvalue weighted by molar-refractivity contribution is 0.315. The fourth-order valence-corrected chi connectivity index (χ4v) is 1.99. The molecule has 1 rings (SSSR count). The summed E-state index contributed by atoms with van der Waals surface area (Å²) in [5.41, 5.74) is 3.94. The molecule has 19 heavy (non-hydrogen) atoms. The van der Waals surface area contributed by atoms with E-state index in [1.54, 1.807) is 0 Å². The van der Waals surface area contributed by atoms with Gasteiger partial charge in [0.25, 0.3) is 0 Å². The molecule has 0 aromatic heterocycles. The van der Waals surface area contributed by atoms with Crippen LogP contribution in [0.1, 0.15) is 56.2 Å². The first-order chi connectivity index (χ1) is 9.19. The maximum atomic E-state index is 5.75. The third-order valence-electron chi connectivity index (χ3n) is 3.11. The molecular weight excluding hydrogens is 232 g/mol. The van der Waals surface area contributed by atoms with Crippen LogP contribution in [-0.2, 0) is 6.42 Å². The molecule has 0 fully saturated rings. The highest BCUT2D eigenvalue weighted by atomic mass is 16.5. The van der Waals surface area contributed by atoms with Crippen molar-refractivity contribution in [3.63, 3.8) is 0 Å². The standard InChI is InChI=1S/C18H26O/c1-5-7-8-9-10-11-17-13-16(4)18(14-15(17)3)19-12-6-2/h13-14H,5-7,10-12H2,1-4H3. The molecule has 0 saturated carbocycles. The van der Waals surface area contributed by atoms with Crippen molar-refractivity contribution in [2.75, 3.05) is 6.61 Å². The van der Waals surface area contributed by atoms with Crippen LogP contribution in [0.15, 0.2) is 12.1 Å². The first-order valence-corrected chi connectivity index (χ1v) is 7.37. The van der Waals surface area contributed by atoms with Crippen LogP contribution in [0.2, 0.25) is 0 Å². The Bertz CT molecular complexity index is 449. The first-order valence-electron chi connectivity index (χ1n) is 7.37. The minimum absolute atomic E-state index is 0.794. The van der Waals surface area contributed by atoms with Gasteiger partial charge in [-0.1, -0.05) is 19.9 Å². The van der Waals surface area contributed by atoms with E-state index in [9.17, 15) is 0 Å². The molecule has 0 amide bonds. The van der Waals surface area contributed by atoms with Crippen molar-refractivity contribution in [3.05, 3.63) is 28.8 Å². The molecule has 0 aliphatic rings. The van der Waals surface area contributed by atoms with E-state index in [2.05, 4.69) is 51.7 Å². The average Bonchev–Trinajstić information content (AvgIpc) is 2.40. The fraction of sp³-hybridized carbons (Fsp3) is 0.556. The Balaban J connectivity index is 2.65. The lowest BCUT2D eigenvalue weighted by Crippen LogP contribution is -1.99. The van der Waals surface area contributed by atoms with Gasteiger partial charge >= 0.3 is 0 Å². The van der Waals surface area contributed by atoms with E-state index < -0.39 is 0 Å². The zero-order valence-corrected chi connectivity index (χ0v) is 12.8. The molecular formula is C18H26O. The second kappa shape index (κ2) is 8.64. The predicted molar refractivity (Wildman–Crippen MR) is 82.7 cm³/mol. The predicted octanol–water partition coefficient (Wildman–Crippen LogP) is 4.83. The van der Waals surface area contributed by atoms with Crippen LogP contribution in [0.3, 0.4) is 0 Å². The monoisotopic (exact) mass is 258 g/mol. The summed E-state index contributed by atoms with van der Waals surface area (Å²) in [4.78, 5) is 0. The number of rotatable bonds is 6. The van der Waals surface area contributed by atoms with E-state index in [1.807, 2.05) is 0 Å². The van der Waals surface area contributed by atoms with Crippen LogP contribution in [0.4, 0.5) is 0 Å². The summed E-state index contributed by atoms with van der Waals surface area (Å²) in [6.07, 6.45) is 5.20. The molecule has 0 aliphatic heterocycles. The van der Waals surface area contributed by atoms with Crippen molar-refractivity contribution >= 4 is 0 Å². The highest BCUT2D eigenvalue weighted by molar-refractivity contribution is 5.41. The molecule has 1 aromatic carbocycles. The molecule has 0 atom stereocenters. The maximum Gasteiger partial charge on any atom is 0.122 e. The Labute approximate surface area is 118 Å². The quantitative estimate of drug-likeness (QED) is 0.664. The molecule has 0 unspecified atom stereocenters. The van der Waals surface area contributed by atoms with Crippen molar-refractivity contribution in [3.8, 4) is 17.6 Å². The molecule has 0 bridgehead atoms. The molecule has 1 heteroatoms. The largest absolute Gasteiger partial charge is 0.493 e. The van der Waals surface area contributed by atoms with Crippen molar-refractivity contribution in [2.45, 2.75) is 59.8 Å². The topological polar surface area (TPSA) is 9.23 Å². The van der Waals surface area contributed by atoms with E-state index in [1.165, 1.54) is 16.7 Å². The van der Waals surface area contributed by atoms with Crippen molar-refractivity contribution in [1.29, 1.82) is 0 Å². The van der Waals surface area contributed by atoms with E-state index in [4.69, 9.17) is 4.74 Å². The second-order valence-corrected chi connectivity index (χ2v) is 5.00. The van der Waals surface area contributed by atoms with E-state index in [0.717, 1.165) is 44.5 Å². The molecule has 0 aliphatic carbocycles. The normalized spacial score (nSPS) is 9.89. The minimum Gasteiger partial charge on any atom is -0.493 e. The van der Waals surface area contributed by atoms with E-state index in [0.29, 0.717) is 0 Å². The van der Waals surface area contributed by atoms with Crippen LogP contribution in [0.25, 0.3) is 0 Å². The molecule has 1 nitrogen and oxygen atoms in total. The van der Waals surface area contributed by atoms with Gasteiger partial charge < -0.3 is 4.74 Å². The number of ether oxygens (including phenoxy) is 1. The zero-order chi connectivity index (χ0) is 14.1. The van der Waals surface area contributed by atoms with Crippen molar-refractivity contribution in [1.82, 2.24) is 0 Å². The molecule has 0 heterocycles. The van der Waals surface area contributed by atoms with Crippen LogP contribution in [-0.4, -0.2) is 6.61 Å². The summed E-state index contributed by atoms with van der Waals surface area (Å²) < 4.78 is 5.75. The van der Waals surface area contributed by atoms with Gasteiger partial charge in [0.05, 0.1) is 6.61 Å². The number of benzene rings is 1. The second-order valence-electron chi connectivity index (χ2n) is 5.00. The Morgan fingerprint density at radius 1 is 0.947 bits per heavy atom. The molecule has 0 spiro atoms. The van der Waals surface area contributed by atoms with Crippen LogP contribution >= 0.6 is 0 Å². The van der Waals surface area contributed by atoms with Gasteiger partial charge in [0, 0.05) is 12.8 Å². The molecule has 0 saturated heterocycles. The Morgan fingerprint density at radius 2 is 1.68 bits per heavy atom. The first kappa shape index (κ1) is 15.6. The number of unbranched alkanes of at least 4 members (excludes halogenated alkanes) is 1. The van der Waals surface area contributed by atoms with Gasteiger partial charge in [0.15, 0.2) is 0 Å². The third kappa shape index (κ3) is 5.39. The Kier molecular flexibility index (Phi) is 7.11. The smallest absolute Gasteiger partial charge is 0.122 e. The van der Waals surface area contributed by atoms with Crippen LogP contribution < -0.4 is 4.74 Å². The Hall–Kier alpha value is -1.42. The fourth-order valence-electron chi connectivity index (χ4n) is 1.99. The molecule has 104 valence electrons. The Morgan fingerprint density at radius 3 is 2.37 bits per heavy atom. The van der Waals surface area contributed by atoms with Crippen LogP contribution in [0, 0.1) is 25.7 Å². The number of hydrogen-bond acceptors (Lipinski definition) is 1. The SMILES string of the molecule is CCCC#CCCc1cc(C)c(OCCC)cc1C. The van der Waals surface area contributed by atoms with Gasteiger partial charge in [-0.05, 0) is 55.9 Å². The van der Waals surface area contributed by atoms with Gasteiger partial charge in [-0.25, -0.2) is 0 Å². The van der Waals surface area contributed by atoms with E-state index >= 15 is 0 Å². The van der Waals surface area contributed by atoms with Gasteiger partial charge in [-0.2, -0.15) is 0 Å². The summed E-state index contributed by atoms with van der Waals surface area (Å²) in [5, 5.41) is 0. The van der Waals surface area contributed by atoms with E-state index in [-0.39, 0.29) is 0 Å². The summed E-state index contributed by atoms with van der Waals surface area (Å²) in [7, 11) is 0. The zero-order valence-electron chi connectivity index (χ0n) is 12.8. The van der Waals surface area contributed by atoms with Gasteiger partial charge in [-0.3, -0.25) is 0 Å². The molecule has 0 radical (unpaired) electrons. The third-order valence-corrected chi connectivity index (χ3v) is 3.11. The summed E-state index contributed by atoms with van der Waals surface area (Å²) >= 11 is 0. The summed E-state index contributed by atoms with van der Waals surface area (Å²) in [6, 6.07) is 4.42. The summed E-state index contributed by atoms with van der Waals surface area (Å²) in [6.45, 7) is 9.37. The van der Waals surface area contributed by atoms with Crippen molar-refractivity contribution < 1.29 is 4.74 Å². The highest BCUT2D eigenvalue weighted by Crippen LogP contribution is 2.23.